The summed E-state index contributed by atoms with van der Waals surface area (Å²) in [5.41, 5.74) is 1.27. The normalized spacial score (nSPS) is 10.0. The first kappa shape index (κ1) is 14.6. The molecule has 1 aromatic carbocycles. The summed E-state index contributed by atoms with van der Waals surface area (Å²) in [6, 6.07) is 4.97. The lowest BCUT2D eigenvalue weighted by Crippen LogP contribution is -2.08. The van der Waals surface area contributed by atoms with Crippen molar-refractivity contribution in [3.8, 4) is 5.75 Å². The average Bonchev–Trinajstić information content (AvgIpc) is 2.53. The first-order valence-corrected chi connectivity index (χ1v) is 6.23. The van der Waals surface area contributed by atoms with Crippen LogP contribution in [0.1, 0.15) is 33.3 Å². The highest BCUT2D eigenvalue weighted by molar-refractivity contribution is 5.94. The van der Waals surface area contributed by atoms with E-state index in [0.29, 0.717) is 16.9 Å². The number of ketones is 1. The molecular weight excluding hydrogens is 272 g/mol. The van der Waals surface area contributed by atoms with Crippen LogP contribution in [0.15, 0.2) is 36.8 Å². The first-order chi connectivity index (χ1) is 10.1. The number of Topliss-reactive ketones (excluding diaryl/α,β-unsaturated/α-hetero) is 1. The molecule has 2 rings (SSSR count). The molecule has 0 aliphatic rings. The van der Waals surface area contributed by atoms with Gasteiger partial charge in [0.1, 0.15) is 12.4 Å². The number of carbonyl (C=O) groups is 2. The molecule has 0 saturated carbocycles. The smallest absolute Gasteiger partial charge is 0.358 e. The highest BCUT2D eigenvalue weighted by atomic mass is 16.5. The van der Waals surface area contributed by atoms with E-state index in [4.69, 9.17) is 9.47 Å². The van der Waals surface area contributed by atoms with E-state index in [2.05, 4.69) is 9.97 Å². The fourth-order valence-electron chi connectivity index (χ4n) is 1.73. The van der Waals surface area contributed by atoms with Crippen LogP contribution < -0.4 is 4.74 Å². The lowest BCUT2D eigenvalue weighted by Gasteiger charge is -2.10. The van der Waals surface area contributed by atoms with Gasteiger partial charge in [-0.2, -0.15) is 0 Å². The zero-order valence-electron chi connectivity index (χ0n) is 11.7. The number of methoxy groups -OCH3 is 1. The summed E-state index contributed by atoms with van der Waals surface area (Å²) in [5, 5.41) is 0. The molecule has 21 heavy (non-hydrogen) atoms. The zero-order chi connectivity index (χ0) is 15.2. The molecule has 6 heteroatoms. The Labute approximate surface area is 121 Å². The van der Waals surface area contributed by atoms with Gasteiger partial charge in [-0.1, -0.05) is 0 Å². The molecule has 0 N–H and O–H groups in total. The number of esters is 1. The predicted molar refractivity (Wildman–Crippen MR) is 74.2 cm³/mol. The van der Waals surface area contributed by atoms with Gasteiger partial charge in [-0.15, -0.1) is 0 Å². The van der Waals surface area contributed by atoms with E-state index in [1.807, 2.05) is 0 Å². The third-order valence-electron chi connectivity index (χ3n) is 2.82. The highest BCUT2D eigenvalue weighted by Gasteiger charge is 2.12. The highest BCUT2D eigenvalue weighted by Crippen LogP contribution is 2.21. The number of aromatic nitrogens is 2. The molecule has 108 valence electrons. The van der Waals surface area contributed by atoms with Crippen molar-refractivity contribution in [2.75, 3.05) is 7.11 Å². The topological polar surface area (TPSA) is 78.4 Å². The lowest BCUT2D eigenvalue weighted by molar-refractivity contribution is 0.0462. The van der Waals surface area contributed by atoms with Crippen LogP contribution in [0.25, 0.3) is 0 Å². The monoisotopic (exact) mass is 286 g/mol. The SMILES string of the molecule is COc1ccc(C(C)=O)cc1COC(=O)c1cnccn1. The third-order valence-corrected chi connectivity index (χ3v) is 2.82. The fraction of sp³-hybridized carbons (Fsp3) is 0.200. The second kappa shape index (κ2) is 6.60. The molecular formula is C15H14N2O4. The summed E-state index contributed by atoms with van der Waals surface area (Å²) in [5.74, 6) is -0.107. The van der Waals surface area contributed by atoms with Crippen molar-refractivity contribution in [1.82, 2.24) is 9.97 Å². The molecule has 1 aromatic heterocycles. The Morgan fingerprint density at radius 2 is 2.05 bits per heavy atom. The second-order valence-corrected chi connectivity index (χ2v) is 4.25. The Balaban J connectivity index is 2.13. The van der Waals surface area contributed by atoms with Crippen LogP contribution in [0.2, 0.25) is 0 Å². The molecule has 0 bridgehead atoms. The van der Waals surface area contributed by atoms with Crippen molar-refractivity contribution in [2.45, 2.75) is 13.5 Å². The third kappa shape index (κ3) is 3.62. The Bertz CT molecular complexity index is 656. The molecule has 0 aliphatic heterocycles. The summed E-state index contributed by atoms with van der Waals surface area (Å²) >= 11 is 0. The molecule has 2 aromatic rings. The molecule has 0 amide bonds. The second-order valence-electron chi connectivity index (χ2n) is 4.25. The van der Waals surface area contributed by atoms with Crippen LogP contribution in [-0.2, 0) is 11.3 Å². The van der Waals surface area contributed by atoms with Crippen LogP contribution >= 0.6 is 0 Å². The van der Waals surface area contributed by atoms with Gasteiger partial charge in [0.15, 0.2) is 11.5 Å². The van der Waals surface area contributed by atoms with Crippen molar-refractivity contribution < 1.29 is 19.1 Å². The van der Waals surface area contributed by atoms with E-state index >= 15 is 0 Å². The first-order valence-electron chi connectivity index (χ1n) is 6.23. The van der Waals surface area contributed by atoms with Crippen molar-refractivity contribution in [1.29, 1.82) is 0 Å². The van der Waals surface area contributed by atoms with E-state index in [9.17, 15) is 9.59 Å². The van der Waals surface area contributed by atoms with Gasteiger partial charge in [-0.25, -0.2) is 9.78 Å². The lowest BCUT2D eigenvalue weighted by atomic mass is 10.1. The number of hydrogen-bond acceptors (Lipinski definition) is 6. The fourth-order valence-corrected chi connectivity index (χ4v) is 1.73. The molecule has 0 spiro atoms. The number of rotatable bonds is 5. The Morgan fingerprint density at radius 1 is 1.24 bits per heavy atom. The van der Waals surface area contributed by atoms with Gasteiger partial charge in [0, 0.05) is 23.5 Å². The van der Waals surface area contributed by atoms with E-state index in [-0.39, 0.29) is 18.1 Å². The van der Waals surface area contributed by atoms with Crippen molar-refractivity contribution in [3.63, 3.8) is 0 Å². The zero-order valence-corrected chi connectivity index (χ0v) is 11.7. The Morgan fingerprint density at radius 3 is 2.67 bits per heavy atom. The number of hydrogen-bond donors (Lipinski definition) is 0. The van der Waals surface area contributed by atoms with Gasteiger partial charge < -0.3 is 9.47 Å². The largest absolute Gasteiger partial charge is 0.496 e. The van der Waals surface area contributed by atoms with Gasteiger partial charge in [-0.3, -0.25) is 9.78 Å². The van der Waals surface area contributed by atoms with Crippen LogP contribution in [0.4, 0.5) is 0 Å². The van der Waals surface area contributed by atoms with E-state index in [0.717, 1.165) is 0 Å². The summed E-state index contributed by atoms with van der Waals surface area (Å²) in [6.07, 6.45) is 4.20. The van der Waals surface area contributed by atoms with Gasteiger partial charge in [0.05, 0.1) is 13.3 Å². The molecule has 0 fully saturated rings. The molecule has 0 saturated heterocycles. The van der Waals surface area contributed by atoms with E-state index < -0.39 is 5.97 Å². The van der Waals surface area contributed by atoms with Gasteiger partial charge >= 0.3 is 5.97 Å². The number of ether oxygens (including phenoxy) is 2. The van der Waals surface area contributed by atoms with Gasteiger partial charge in [0.25, 0.3) is 0 Å². The minimum atomic E-state index is -0.585. The molecule has 6 nitrogen and oxygen atoms in total. The Kier molecular flexibility index (Phi) is 4.61. The maximum atomic E-state index is 11.8. The quantitative estimate of drug-likeness (QED) is 0.618. The summed E-state index contributed by atoms with van der Waals surface area (Å²) in [6.45, 7) is 1.46. The maximum Gasteiger partial charge on any atom is 0.358 e. The molecule has 1 heterocycles. The summed E-state index contributed by atoms with van der Waals surface area (Å²) < 4.78 is 10.3. The van der Waals surface area contributed by atoms with Crippen LogP contribution in [-0.4, -0.2) is 28.8 Å². The van der Waals surface area contributed by atoms with Crippen LogP contribution in [0.3, 0.4) is 0 Å². The van der Waals surface area contributed by atoms with Gasteiger partial charge in [-0.05, 0) is 25.1 Å². The summed E-state index contributed by atoms with van der Waals surface area (Å²) in [7, 11) is 1.51. The standard InChI is InChI=1S/C15H14N2O4/c1-10(18)11-3-4-14(20-2)12(7-11)9-21-15(19)13-8-16-5-6-17-13/h3-8H,9H2,1-2H3. The Hall–Kier alpha value is -2.76. The molecule has 0 atom stereocenters. The van der Waals surface area contributed by atoms with E-state index in [1.54, 1.807) is 18.2 Å². The van der Waals surface area contributed by atoms with Gasteiger partial charge in [0.2, 0.25) is 0 Å². The van der Waals surface area contributed by atoms with Crippen molar-refractivity contribution in [3.05, 3.63) is 53.6 Å². The number of benzene rings is 1. The van der Waals surface area contributed by atoms with E-state index in [1.165, 1.54) is 32.6 Å². The minimum Gasteiger partial charge on any atom is -0.496 e. The number of carbonyl (C=O) groups excluding carboxylic acids is 2. The van der Waals surface area contributed by atoms with Crippen LogP contribution in [0.5, 0.6) is 5.75 Å². The number of nitrogens with zero attached hydrogens (tertiary/aromatic N) is 2. The van der Waals surface area contributed by atoms with Crippen LogP contribution in [0, 0.1) is 0 Å². The molecule has 0 aliphatic carbocycles. The predicted octanol–water partition coefficient (Wildman–Crippen LogP) is 2.04. The summed E-state index contributed by atoms with van der Waals surface area (Å²) in [4.78, 5) is 30.8. The average molecular weight is 286 g/mol. The maximum absolute atomic E-state index is 11.8. The van der Waals surface area contributed by atoms with Crippen molar-refractivity contribution >= 4 is 11.8 Å². The van der Waals surface area contributed by atoms with Crippen molar-refractivity contribution in [2.24, 2.45) is 0 Å². The minimum absolute atomic E-state index is 0.0142. The molecule has 0 unspecified atom stereocenters. The molecule has 0 radical (unpaired) electrons.